The fourth-order valence-corrected chi connectivity index (χ4v) is 5.80. The van der Waals surface area contributed by atoms with Crippen molar-refractivity contribution in [3.8, 4) is 5.69 Å². The minimum Gasteiger partial charge on any atom is -0.318 e. The van der Waals surface area contributed by atoms with Crippen molar-refractivity contribution in [3.63, 3.8) is 0 Å². The standard InChI is InChI=1S/C23H22BrN3O2S2/c1-12-9-18(14(3)27(12)17-7-5-16(24)6-8-17)19(28)10-30-11-20-25-22(29)21-13(2)15(4)31-23(21)26-20/h5-9H,10-11H2,1-4H3,(H,25,26,29). The second kappa shape index (κ2) is 8.76. The van der Waals surface area contributed by atoms with E-state index in [9.17, 15) is 9.59 Å². The van der Waals surface area contributed by atoms with Gasteiger partial charge in [0.05, 0.1) is 16.9 Å². The predicted octanol–water partition coefficient (Wildman–Crippen LogP) is 5.89. The number of rotatable bonds is 6. The third-order valence-corrected chi connectivity index (χ3v) is 7.95. The molecule has 3 aromatic heterocycles. The monoisotopic (exact) mass is 515 g/mol. The summed E-state index contributed by atoms with van der Waals surface area (Å²) < 4.78 is 3.11. The summed E-state index contributed by atoms with van der Waals surface area (Å²) >= 11 is 6.46. The summed E-state index contributed by atoms with van der Waals surface area (Å²) in [5.74, 6) is 1.50. The van der Waals surface area contributed by atoms with Crippen molar-refractivity contribution in [2.45, 2.75) is 33.4 Å². The lowest BCUT2D eigenvalue weighted by atomic mass is 10.2. The van der Waals surface area contributed by atoms with Crippen LogP contribution in [-0.2, 0) is 5.75 Å². The van der Waals surface area contributed by atoms with Gasteiger partial charge in [0.25, 0.3) is 5.56 Å². The van der Waals surface area contributed by atoms with Crippen molar-refractivity contribution in [3.05, 3.63) is 78.4 Å². The first kappa shape index (κ1) is 22.0. The van der Waals surface area contributed by atoms with E-state index in [0.29, 0.717) is 22.7 Å². The van der Waals surface area contributed by atoms with Crippen molar-refractivity contribution in [2.24, 2.45) is 0 Å². The molecule has 1 N–H and O–H groups in total. The number of thiophene rings is 1. The maximum Gasteiger partial charge on any atom is 0.259 e. The van der Waals surface area contributed by atoms with Gasteiger partial charge in [-0.1, -0.05) is 15.9 Å². The first-order valence-corrected chi connectivity index (χ1v) is 12.6. The Morgan fingerprint density at radius 3 is 2.61 bits per heavy atom. The molecule has 4 aromatic rings. The zero-order chi connectivity index (χ0) is 22.3. The molecule has 0 aliphatic rings. The van der Waals surface area contributed by atoms with Crippen LogP contribution in [0.25, 0.3) is 15.9 Å². The van der Waals surface area contributed by atoms with Crippen LogP contribution in [0.1, 0.15) is 38.0 Å². The van der Waals surface area contributed by atoms with Gasteiger partial charge < -0.3 is 9.55 Å². The van der Waals surface area contributed by atoms with E-state index < -0.39 is 0 Å². The number of nitrogens with zero attached hydrogens (tertiary/aromatic N) is 2. The number of benzene rings is 1. The lowest BCUT2D eigenvalue weighted by Crippen LogP contribution is -2.11. The molecule has 0 atom stereocenters. The molecule has 4 rings (SSSR count). The summed E-state index contributed by atoms with van der Waals surface area (Å²) in [6.07, 6.45) is 0. The molecule has 0 amide bonds. The van der Waals surface area contributed by atoms with Crippen LogP contribution in [0.5, 0.6) is 0 Å². The van der Waals surface area contributed by atoms with Gasteiger partial charge >= 0.3 is 0 Å². The van der Waals surface area contributed by atoms with Gasteiger partial charge in [-0.05, 0) is 63.6 Å². The molecule has 0 aliphatic carbocycles. The Kier molecular flexibility index (Phi) is 6.23. The second-order valence-corrected chi connectivity index (χ2v) is 10.6. The molecule has 0 spiro atoms. The Hall–Kier alpha value is -2.16. The average Bonchev–Trinajstić information content (AvgIpc) is 3.18. The lowest BCUT2D eigenvalue weighted by Gasteiger charge is -2.10. The number of aromatic amines is 1. The Bertz CT molecular complexity index is 1350. The minimum atomic E-state index is -0.105. The maximum absolute atomic E-state index is 12.9. The topological polar surface area (TPSA) is 67.8 Å². The summed E-state index contributed by atoms with van der Waals surface area (Å²) in [7, 11) is 0. The summed E-state index contributed by atoms with van der Waals surface area (Å²) in [6.45, 7) is 7.93. The van der Waals surface area contributed by atoms with Gasteiger partial charge in [0, 0.05) is 32.0 Å². The summed E-state index contributed by atoms with van der Waals surface area (Å²) in [6, 6.07) is 9.99. The smallest absolute Gasteiger partial charge is 0.259 e. The van der Waals surface area contributed by atoms with Crippen LogP contribution in [0.4, 0.5) is 0 Å². The highest BCUT2D eigenvalue weighted by Crippen LogP contribution is 2.27. The van der Waals surface area contributed by atoms with Crippen molar-refractivity contribution in [1.29, 1.82) is 0 Å². The number of aromatic nitrogens is 3. The lowest BCUT2D eigenvalue weighted by molar-refractivity contribution is 0.102. The van der Waals surface area contributed by atoms with E-state index in [-0.39, 0.29) is 11.3 Å². The number of H-pyrrole nitrogens is 1. The molecule has 3 heterocycles. The molecule has 5 nitrogen and oxygen atoms in total. The summed E-state index contributed by atoms with van der Waals surface area (Å²) in [5, 5.41) is 0.674. The van der Waals surface area contributed by atoms with Crippen LogP contribution in [0.15, 0.2) is 39.6 Å². The molecular formula is C23H22BrN3O2S2. The highest BCUT2D eigenvalue weighted by Gasteiger charge is 2.17. The van der Waals surface area contributed by atoms with Crippen LogP contribution in [0.2, 0.25) is 0 Å². The number of nitrogens with one attached hydrogen (secondary N) is 1. The number of carbonyl (C=O) groups is 1. The van der Waals surface area contributed by atoms with Gasteiger partial charge in [0.2, 0.25) is 0 Å². The fraction of sp³-hybridized carbons (Fsp3) is 0.261. The van der Waals surface area contributed by atoms with Crippen molar-refractivity contribution in [2.75, 3.05) is 5.75 Å². The number of Topliss-reactive ketones (excluding diaryl/α,β-unsaturated/α-hetero) is 1. The van der Waals surface area contributed by atoms with Crippen LogP contribution >= 0.6 is 39.0 Å². The molecule has 0 unspecified atom stereocenters. The zero-order valence-electron chi connectivity index (χ0n) is 17.7. The quantitative estimate of drug-likeness (QED) is 0.325. The van der Waals surface area contributed by atoms with Gasteiger partial charge in [-0.2, -0.15) is 0 Å². The van der Waals surface area contributed by atoms with E-state index in [4.69, 9.17) is 0 Å². The molecular weight excluding hydrogens is 494 g/mol. The largest absolute Gasteiger partial charge is 0.318 e. The summed E-state index contributed by atoms with van der Waals surface area (Å²) in [4.78, 5) is 34.7. The van der Waals surface area contributed by atoms with Gasteiger partial charge in [0.15, 0.2) is 5.78 Å². The van der Waals surface area contributed by atoms with Crippen LogP contribution in [-0.4, -0.2) is 26.1 Å². The molecule has 0 saturated carbocycles. The van der Waals surface area contributed by atoms with E-state index in [2.05, 4.69) is 30.5 Å². The highest BCUT2D eigenvalue weighted by atomic mass is 79.9. The maximum atomic E-state index is 12.9. The number of aryl methyl sites for hydroxylation is 3. The van der Waals surface area contributed by atoms with Crippen LogP contribution < -0.4 is 5.56 Å². The normalized spacial score (nSPS) is 11.4. The van der Waals surface area contributed by atoms with E-state index in [1.165, 1.54) is 23.1 Å². The molecule has 31 heavy (non-hydrogen) atoms. The van der Waals surface area contributed by atoms with Gasteiger partial charge in [-0.15, -0.1) is 23.1 Å². The molecule has 0 aliphatic heterocycles. The summed E-state index contributed by atoms with van der Waals surface area (Å²) in [5.41, 5.74) is 4.60. The third kappa shape index (κ3) is 4.29. The third-order valence-electron chi connectivity index (χ3n) is 5.38. The van der Waals surface area contributed by atoms with Gasteiger partial charge in [-0.3, -0.25) is 9.59 Å². The predicted molar refractivity (Wildman–Crippen MR) is 133 cm³/mol. The van der Waals surface area contributed by atoms with Gasteiger partial charge in [-0.25, -0.2) is 4.98 Å². The minimum absolute atomic E-state index is 0.0766. The van der Waals surface area contributed by atoms with E-state index in [1.54, 1.807) is 0 Å². The van der Waals surface area contributed by atoms with Gasteiger partial charge in [0.1, 0.15) is 10.7 Å². The highest BCUT2D eigenvalue weighted by molar-refractivity contribution is 9.10. The first-order valence-electron chi connectivity index (χ1n) is 9.81. The van der Waals surface area contributed by atoms with E-state index in [1.807, 2.05) is 58.0 Å². The SMILES string of the molecule is Cc1sc2nc(CSCC(=O)c3cc(C)n(-c4ccc(Br)cc4)c3C)[nH]c(=O)c2c1C. The molecule has 0 fully saturated rings. The second-order valence-electron chi connectivity index (χ2n) is 7.49. The molecule has 8 heteroatoms. The van der Waals surface area contributed by atoms with Crippen LogP contribution in [0, 0.1) is 27.7 Å². The Morgan fingerprint density at radius 2 is 1.90 bits per heavy atom. The zero-order valence-corrected chi connectivity index (χ0v) is 20.9. The van der Waals surface area contributed by atoms with Crippen molar-refractivity contribution in [1.82, 2.24) is 14.5 Å². The molecule has 0 bridgehead atoms. The number of thioether (sulfide) groups is 1. The molecule has 160 valence electrons. The average molecular weight is 516 g/mol. The van der Waals surface area contributed by atoms with E-state index >= 15 is 0 Å². The number of hydrogen-bond acceptors (Lipinski definition) is 5. The Morgan fingerprint density at radius 1 is 1.19 bits per heavy atom. The molecule has 0 radical (unpaired) electrons. The fourth-order valence-electron chi connectivity index (χ4n) is 3.72. The molecule has 1 aromatic carbocycles. The number of halogens is 1. The number of ketones is 1. The number of fused-ring (bicyclic) bond motifs is 1. The van der Waals surface area contributed by atoms with Crippen molar-refractivity contribution >= 4 is 55.0 Å². The molecule has 0 saturated heterocycles. The van der Waals surface area contributed by atoms with Crippen LogP contribution in [0.3, 0.4) is 0 Å². The van der Waals surface area contributed by atoms with E-state index in [0.717, 1.165) is 42.4 Å². The Balaban J connectivity index is 1.48. The number of hydrogen-bond donors (Lipinski definition) is 1. The number of carbonyl (C=O) groups excluding carboxylic acids is 1. The van der Waals surface area contributed by atoms with Crippen molar-refractivity contribution < 1.29 is 4.79 Å². The Labute approximate surface area is 197 Å². The first-order chi connectivity index (χ1) is 14.8.